The second kappa shape index (κ2) is 5.24. The van der Waals surface area contributed by atoms with Crippen LogP contribution in [-0.2, 0) is 12.4 Å². The van der Waals surface area contributed by atoms with Gasteiger partial charge in [0.1, 0.15) is 0 Å². The molecule has 1 aromatic carbocycles. The predicted octanol–water partition coefficient (Wildman–Crippen LogP) is 3.68. The summed E-state index contributed by atoms with van der Waals surface area (Å²) in [5, 5.41) is 9.57. The van der Waals surface area contributed by atoms with Crippen molar-refractivity contribution in [3.8, 4) is 0 Å². The smallest absolute Gasteiger partial charge is 0.330 e. The summed E-state index contributed by atoms with van der Waals surface area (Å²) in [6, 6.07) is 8.00. The molecule has 1 heterocycles. The highest BCUT2D eigenvalue weighted by Crippen LogP contribution is 2.59. The molecule has 1 N–H and O–H groups in total. The zero-order chi connectivity index (χ0) is 13.3. The maximum atomic E-state index is 9.03. The van der Waals surface area contributed by atoms with Crippen LogP contribution < -0.4 is 0 Å². The molecule has 2 aliphatic rings. The molecule has 3 atom stereocenters. The van der Waals surface area contributed by atoms with Gasteiger partial charge in [0, 0.05) is 11.0 Å². The normalized spacial score (nSPS) is 31.6. The third kappa shape index (κ3) is 2.43. The molecule has 1 saturated heterocycles. The van der Waals surface area contributed by atoms with Gasteiger partial charge in [-0.1, -0.05) is 59.9 Å². The fraction of sp³-hybridized carbons (Fsp3) is 0.400. The lowest BCUT2D eigenvalue weighted by molar-refractivity contribution is 0.282. The summed E-state index contributed by atoms with van der Waals surface area (Å²) < 4.78 is -0.310. The van der Waals surface area contributed by atoms with Crippen LogP contribution in [0.3, 0.4) is 0 Å². The van der Waals surface area contributed by atoms with Crippen LogP contribution in [0.2, 0.25) is 0 Å². The van der Waals surface area contributed by atoms with Crippen LogP contribution in [0.15, 0.2) is 36.4 Å². The van der Waals surface area contributed by atoms with E-state index in [1.807, 2.05) is 36.0 Å². The summed E-state index contributed by atoms with van der Waals surface area (Å²) >= 11 is 3.57. The lowest BCUT2D eigenvalue weighted by Gasteiger charge is -2.21. The van der Waals surface area contributed by atoms with Gasteiger partial charge in [-0.05, 0) is 17.5 Å². The largest absolute Gasteiger partial charge is 0.392 e. The fourth-order valence-electron chi connectivity index (χ4n) is 2.54. The van der Waals surface area contributed by atoms with Crippen LogP contribution >= 0.6 is 23.5 Å². The number of thioether (sulfide) groups is 2. The Morgan fingerprint density at radius 3 is 2.58 bits per heavy atom. The van der Waals surface area contributed by atoms with E-state index in [0.29, 0.717) is 11.2 Å². The minimum absolute atomic E-state index is 0.0871. The second-order valence-electron chi connectivity index (χ2n) is 4.89. The minimum atomic E-state index is -0.310. The van der Waals surface area contributed by atoms with Gasteiger partial charge in [0.15, 0.2) is 0 Å². The van der Waals surface area contributed by atoms with E-state index in [0.717, 1.165) is 17.7 Å². The van der Waals surface area contributed by atoms with Gasteiger partial charge in [-0.3, -0.25) is 4.85 Å². The Labute approximate surface area is 122 Å². The van der Waals surface area contributed by atoms with E-state index in [4.69, 9.17) is 11.7 Å². The van der Waals surface area contributed by atoms with Gasteiger partial charge < -0.3 is 5.11 Å². The molecular weight excluding hydrogens is 274 g/mol. The number of fused-ring (bicyclic) bond motifs is 2. The molecule has 1 aliphatic carbocycles. The van der Waals surface area contributed by atoms with Crippen molar-refractivity contribution in [1.82, 2.24) is 0 Å². The Kier molecular flexibility index (Phi) is 3.62. The molecule has 1 aliphatic heterocycles. The van der Waals surface area contributed by atoms with Crippen molar-refractivity contribution in [3.05, 3.63) is 59.0 Å². The van der Waals surface area contributed by atoms with E-state index in [1.165, 1.54) is 5.56 Å². The average Bonchev–Trinajstić information content (AvgIpc) is 3.07. The molecule has 3 unspecified atom stereocenters. The molecule has 4 heteroatoms. The van der Waals surface area contributed by atoms with Crippen LogP contribution in [-0.4, -0.2) is 14.6 Å². The minimum Gasteiger partial charge on any atom is -0.392 e. The Balaban J connectivity index is 1.68. The van der Waals surface area contributed by atoms with E-state index >= 15 is 0 Å². The van der Waals surface area contributed by atoms with Crippen LogP contribution in [0.4, 0.5) is 0 Å². The Hall–Kier alpha value is -0.890. The van der Waals surface area contributed by atoms with Gasteiger partial charge in [-0.2, -0.15) is 0 Å². The average molecular weight is 289 g/mol. The Morgan fingerprint density at radius 1 is 1.32 bits per heavy atom. The van der Waals surface area contributed by atoms with E-state index in [-0.39, 0.29) is 10.8 Å². The third-order valence-electron chi connectivity index (χ3n) is 3.64. The molecular formula is C15H15NOS2. The van der Waals surface area contributed by atoms with Gasteiger partial charge in [-0.25, -0.2) is 6.57 Å². The number of hydrogen-bond acceptors (Lipinski definition) is 3. The molecule has 1 aromatic rings. The van der Waals surface area contributed by atoms with E-state index in [1.54, 1.807) is 11.8 Å². The molecule has 19 heavy (non-hydrogen) atoms. The van der Waals surface area contributed by atoms with Crippen molar-refractivity contribution >= 4 is 23.5 Å². The topological polar surface area (TPSA) is 24.6 Å². The number of aliphatic hydroxyl groups is 1. The van der Waals surface area contributed by atoms with E-state index < -0.39 is 0 Å². The SMILES string of the molecule is [C-]#[N+]C1(SCc2ccc(CO)cc2)SC2C=CC1C2. The lowest BCUT2D eigenvalue weighted by atomic mass is 10.1. The first-order chi connectivity index (χ1) is 9.25. The van der Waals surface area contributed by atoms with Crippen LogP contribution in [0.25, 0.3) is 4.85 Å². The summed E-state index contributed by atoms with van der Waals surface area (Å²) in [6.45, 7) is 7.64. The Morgan fingerprint density at radius 2 is 2.05 bits per heavy atom. The molecule has 0 saturated carbocycles. The number of hydrogen-bond donors (Lipinski definition) is 1. The van der Waals surface area contributed by atoms with Crippen molar-refractivity contribution in [1.29, 1.82) is 0 Å². The second-order valence-corrected chi connectivity index (χ2v) is 7.81. The fourth-order valence-corrected chi connectivity index (χ4v) is 5.69. The van der Waals surface area contributed by atoms with Crippen molar-refractivity contribution in [3.63, 3.8) is 0 Å². The van der Waals surface area contributed by atoms with Gasteiger partial charge >= 0.3 is 4.20 Å². The predicted molar refractivity (Wildman–Crippen MR) is 81.6 cm³/mol. The molecule has 0 aromatic heterocycles. The van der Waals surface area contributed by atoms with E-state index in [2.05, 4.69) is 17.0 Å². The van der Waals surface area contributed by atoms with Crippen LogP contribution in [0.1, 0.15) is 17.5 Å². The van der Waals surface area contributed by atoms with Crippen LogP contribution in [0.5, 0.6) is 0 Å². The number of benzene rings is 1. The molecule has 1 fully saturated rings. The lowest BCUT2D eigenvalue weighted by Crippen LogP contribution is -2.21. The highest BCUT2D eigenvalue weighted by molar-refractivity contribution is 8.18. The molecule has 0 amide bonds. The molecule has 98 valence electrons. The maximum absolute atomic E-state index is 9.03. The highest BCUT2D eigenvalue weighted by atomic mass is 32.2. The number of aliphatic hydroxyl groups excluding tert-OH is 1. The number of rotatable bonds is 4. The summed E-state index contributed by atoms with van der Waals surface area (Å²) in [7, 11) is 0. The van der Waals surface area contributed by atoms with Crippen molar-refractivity contribution in [2.75, 3.05) is 0 Å². The molecule has 0 spiro atoms. The summed E-state index contributed by atoms with van der Waals surface area (Å²) in [5.41, 5.74) is 2.16. The maximum Gasteiger partial charge on any atom is 0.330 e. The molecule has 0 radical (unpaired) electrons. The van der Waals surface area contributed by atoms with Crippen LogP contribution in [0, 0.1) is 12.5 Å². The zero-order valence-electron chi connectivity index (χ0n) is 10.5. The quantitative estimate of drug-likeness (QED) is 0.676. The monoisotopic (exact) mass is 289 g/mol. The first-order valence-electron chi connectivity index (χ1n) is 6.33. The van der Waals surface area contributed by atoms with E-state index in [9.17, 15) is 0 Å². The summed E-state index contributed by atoms with van der Waals surface area (Å²) in [6.07, 6.45) is 5.60. The standard InChI is InChI=1S/C15H15NOS2/c1-16-15(13-6-7-14(8-13)19-15)18-10-12-4-2-11(9-17)3-5-12/h2-7,13-14,17H,8-10H2. The summed E-state index contributed by atoms with van der Waals surface area (Å²) in [4.78, 5) is 3.94. The van der Waals surface area contributed by atoms with Gasteiger partial charge in [0.25, 0.3) is 0 Å². The Bertz CT molecular complexity index is 534. The molecule has 2 bridgehead atoms. The van der Waals surface area contributed by atoms with Crippen molar-refractivity contribution < 1.29 is 5.11 Å². The van der Waals surface area contributed by atoms with Gasteiger partial charge in [0.2, 0.25) is 0 Å². The van der Waals surface area contributed by atoms with Gasteiger partial charge in [-0.15, -0.1) is 0 Å². The first kappa shape index (κ1) is 13.1. The van der Waals surface area contributed by atoms with Crippen molar-refractivity contribution in [2.45, 2.75) is 28.2 Å². The van der Waals surface area contributed by atoms with Gasteiger partial charge in [0.05, 0.1) is 12.5 Å². The highest BCUT2D eigenvalue weighted by Gasteiger charge is 2.56. The molecule has 3 rings (SSSR count). The first-order valence-corrected chi connectivity index (χ1v) is 8.19. The van der Waals surface area contributed by atoms with Crippen molar-refractivity contribution in [2.24, 2.45) is 5.92 Å². The molecule has 2 nitrogen and oxygen atoms in total. The zero-order valence-corrected chi connectivity index (χ0v) is 12.1. The summed E-state index contributed by atoms with van der Waals surface area (Å²) in [5.74, 6) is 1.26. The third-order valence-corrected chi connectivity index (χ3v) is 6.95. The number of nitrogens with zero attached hydrogens (tertiary/aromatic N) is 1.